The maximum atomic E-state index is 14.4. The van der Waals surface area contributed by atoms with Gasteiger partial charge in [-0.25, -0.2) is 23.5 Å². The lowest BCUT2D eigenvalue weighted by atomic mass is 9.85. The summed E-state index contributed by atoms with van der Waals surface area (Å²) >= 11 is 0. The van der Waals surface area contributed by atoms with Crippen LogP contribution >= 0.6 is 0 Å². The molecule has 3 amide bonds. The lowest BCUT2D eigenvalue weighted by molar-refractivity contribution is -0.135. The predicted molar refractivity (Wildman–Crippen MR) is 231 cm³/mol. The zero-order valence-electron chi connectivity index (χ0n) is 36.0. The minimum atomic E-state index is -2.87. The van der Waals surface area contributed by atoms with Gasteiger partial charge in [-0.15, -0.1) is 0 Å². The Labute approximate surface area is 363 Å². The highest BCUT2D eigenvalue weighted by atomic mass is 19.3. The summed E-state index contributed by atoms with van der Waals surface area (Å²) in [4.78, 5) is 66.3. The van der Waals surface area contributed by atoms with E-state index < -0.39 is 30.0 Å². The maximum absolute atomic E-state index is 14.4. The number of rotatable bonds is 14. The van der Waals surface area contributed by atoms with Crippen LogP contribution in [0.25, 0.3) is 22.5 Å². The number of aryl methyl sites for hydroxylation is 1. The Morgan fingerprint density at radius 3 is 2.49 bits per heavy atom. The molecule has 0 spiro atoms. The number of carbonyl (C=O) groups is 3. The second-order valence-electron chi connectivity index (χ2n) is 17.9. The predicted octanol–water partition coefficient (Wildman–Crippen LogP) is 5.93. The van der Waals surface area contributed by atoms with Crippen LogP contribution in [0, 0.1) is 11.8 Å². The van der Waals surface area contributed by atoms with E-state index in [1.807, 2.05) is 24.3 Å². The van der Waals surface area contributed by atoms with Gasteiger partial charge in [0.2, 0.25) is 17.7 Å². The highest BCUT2D eigenvalue weighted by molar-refractivity contribution is 6.04. The molecule has 0 radical (unpaired) electrons. The Morgan fingerprint density at radius 2 is 1.76 bits per heavy atom. The molecule has 1 aromatic carbocycles. The van der Waals surface area contributed by atoms with E-state index >= 15 is 0 Å². The molecule has 2 N–H and O–H groups in total. The topological polar surface area (TPSA) is 169 Å². The molecule has 4 aliphatic rings. The number of halogens is 2. The van der Waals surface area contributed by atoms with Gasteiger partial charge in [0.05, 0.1) is 22.8 Å². The number of imide groups is 1. The molecule has 2 saturated heterocycles. The Bertz CT molecular complexity index is 2540. The third-order valence-corrected chi connectivity index (χ3v) is 13.6. The van der Waals surface area contributed by atoms with Crippen LogP contribution in [0.1, 0.15) is 104 Å². The van der Waals surface area contributed by atoms with Gasteiger partial charge in [0.15, 0.2) is 11.4 Å². The molecule has 9 rings (SSSR count). The van der Waals surface area contributed by atoms with Crippen LogP contribution in [0.5, 0.6) is 0 Å². The number of benzene rings is 1. The molecular weight excluding hydrogens is 813 g/mol. The fourth-order valence-electron chi connectivity index (χ4n) is 9.80. The number of likely N-dealkylation sites (tertiary alicyclic amines) is 1. The highest BCUT2D eigenvalue weighted by Gasteiger charge is 2.34. The van der Waals surface area contributed by atoms with Crippen molar-refractivity contribution in [1.29, 1.82) is 0 Å². The van der Waals surface area contributed by atoms with E-state index in [4.69, 9.17) is 4.42 Å². The van der Waals surface area contributed by atoms with Crippen molar-refractivity contribution in [2.45, 2.75) is 95.3 Å². The molecule has 334 valence electrons. The molecule has 2 aliphatic heterocycles. The highest BCUT2D eigenvalue weighted by Crippen LogP contribution is 2.37. The Kier molecular flexibility index (Phi) is 12.0. The molecule has 63 heavy (non-hydrogen) atoms. The van der Waals surface area contributed by atoms with Crippen LogP contribution in [0.2, 0.25) is 0 Å². The number of oxazole rings is 1. The summed E-state index contributed by atoms with van der Waals surface area (Å²) in [6.07, 6.45) is 10.0. The average Bonchev–Trinajstić information content (AvgIpc) is 3.67. The number of fused-ring (bicyclic) bond motifs is 1. The van der Waals surface area contributed by atoms with Crippen LogP contribution in [-0.4, -0.2) is 103 Å². The fourth-order valence-corrected chi connectivity index (χ4v) is 9.80. The third-order valence-electron chi connectivity index (χ3n) is 13.6. The summed E-state index contributed by atoms with van der Waals surface area (Å²) in [5, 5.41) is 10.0. The largest absolute Gasteiger partial charge is 0.444 e. The number of nitrogens with one attached hydrogen (secondary N) is 2. The summed E-state index contributed by atoms with van der Waals surface area (Å²) < 4.78 is 39.3. The van der Waals surface area contributed by atoms with Crippen molar-refractivity contribution in [1.82, 2.24) is 44.0 Å². The van der Waals surface area contributed by atoms with E-state index in [0.29, 0.717) is 47.7 Å². The SMILES string of the molecule is CN(C(=O)c1coc(-c2ccnc(NCC3CC3)c2)n1)c1cn([C@H]2CC[C@H](CN(C)C3CCN(Cc4cccc5c4n(C)c(=O)n5C4CCC(=O)NC4=O)CC3)CC2)nc1C(F)F. The molecule has 0 bridgehead atoms. The lowest BCUT2D eigenvalue weighted by Gasteiger charge is -2.39. The minimum Gasteiger partial charge on any atom is -0.444 e. The molecule has 2 aliphatic carbocycles. The summed E-state index contributed by atoms with van der Waals surface area (Å²) in [7, 11) is 5.39. The van der Waals surface area contributed by atoms with Gasteiger partial charge in [-0.2, -0.15) is 5.10 Å². The van der Waals surface area contributed by atoms with Crippen molar-refractivity contribution < 1.29 is 27.6 Å². The summed E-state index contributed by atoms with van der Waals surface area (Å²) in [5.74, 6) is 0.744. The number of nitrogens with zero attached hydrogens (tertiary/aromatic N) is 9. The Balaban J connectivity index is 0.772. The van der Waals surface area contributed by atoms with Crippen molar-refractivity contribution >= 4 is 40.3 Å². The number of pyridine rings is 1. The van der Waals surface area contributed by atoms with E-state index in [1.54, 1.807) is 34.8 Å². The van der Waals surface area contributed by atoms with Gasteiger partial charge in [-0.05, 0) is 114 Å². The zero-order chi connectivity index (χ0) is 43.9. The van der Waals surface area contributed by atoms with E-state index in [-0.39, 0.29) is 41.3 Å². The normalized spacial score (nSPS) is 21.4. The van der Waals surface area contributed by atoms with Gasteiger partial charge >= 0.3 is 5.69 Å². The molecule has 2 saturated carbocycles. The number of hydrogen-bond acceptors (Lipinski definition) is 11. The van der Waals surface area contributed by atoms with Crippen molar-refractivity contribution in [3.63, 3.8) is 0 Å². The van der Waals surface area contributed by atoms with Gasteiger partial charge in [0.25, 0.3) is 12.3 Å². The second kappa shape index (κ2) is 17.8. The van der Waals surface area contributed by atoms with Crippen LogP contribution in [0.15, 0.2) is 58.2 Å². The van der Waals surface area contributed by atoms with E-state index in [1.165, 1.54) is 35.6 Å². The minimum absolute atomic E-state index is 0.00467. The molecule has 1 atom stereocenters. The van der Waals surface area contributed by atoms with Gasteiger partial charge in [0.1, 0.15) is 18.1 Å². The number of piperidine rings is 2. The monoisotopic (exact) mass is 867 g/mol. The Morgan fingerprint density at radius 1 is 1.00 bits per heavy atom. The molecule has 4 aromatic heterocycles. The number of amides is 3. The van der Waals surface area contributed by atoms with Crippen LogP contribution < -0.4 is 21.2 Å². The summed E-state index contributed by atoms with van der Waals surface area (Å²) in [6.45, 7) is 4.30. The number of anilines is 2. The van der Waals surface area contributed by atoms with Gasteiger partial charge in [0, 0.05) is 64.1 Å². The number of aromatic nitrogens is 6. The second-order valence-corrected chi connectivity index (χ2v) is 17.9. The molecule has 4 fully saturated rings. The molecule has 5 aromatic rings. The number of carbonyl (C=O) groups excluding carboxylic acids is 3. The third kappa shape index (κ3) is 8.92. The van der Waals surface area contributed by atoms with E-state index in [2.05, 4.69) is 42.5 Å². The van der Waals surface area contributed by atoms with E-state index in [9.17, 15) is 28.0 Å². The molecule has 16 nitrogen and oxygen atoms in total. The molecule has 1 unspecified atom stereocenters. The Hall–Kier alpha value is -5.75. The first-order valence-electron chi connectivity index (χ1n) is 22.2. The molecule has 6 heterocycles. The first-order valence-corrected chi connectivity index (χ1v) is 22.2. The quantitative estimate of drug-likeness (QED) is 0.127. The number of para-hydroxylation sites is 1. The molecular formula is C45H55F2N11O5. The standard InChI is InChI=1S/C45H55F2N11O5/c1-53(31-16-19-56(20-17-31)24-30-5-4-6-34-40(30)55(3)45(62)58(34)35-13-14-38(59)51-42(35)60)23-28-9-11-32(12-10-28)57-25-36(39(52-57)41(46)47)54(2)44(61)33-26-63-43(50-33)29-15-18-48-37(21-29)49-22-27-7-8-27/h4-6,15,18,21,25-28,31-32,35,41H,7-14,16-17,19-20,22-24H2,1-3H3,(H,48,49)(H,51,59,60)/t28-,32-,35?. The lowest BCUT2D eigenvalue weighted by Crippen LogP contribution is -2.44. The summed E-state index contributed by atoms with van der Waals surface area (Å²) in [5.41, 5.74) is 2.55. The fraction of sp³-hybridized carbons (Fsp3) is 0.533. The smallest absolute Gasteiger partial charge is 0.329 e. The summed E-state index contributed by atoms with van der Waals surface area (Å²) in [6, 6.07) is 9.06. The van der Waals surface area contributed by atoms with Crippen molar-refractivity contribution in [3.8, 4) is 11.5 Å². The van der Waals surface area contributed by atoms with E-state index in [0.717, 1.165) is 75.8 Å². The van der Waals surface area contributed by atoms with Gasteiger partial charge in [-0.1, -0.05) is 12.1 Å². The van der Waals surface area contributed by atoms with Crippen LogP contribution in [0.3, 0.4) is 0 Å². The average molecular weight is 868 g/mol. The first kappa shape index (κ1) is 42.5. The van der Waals surface area contributed by atoms with Crippen LogP contribution in [-0.2, 0) is 23.2 Å². The van der Waals surface area contributed by atoms with Crippen molar-refractivity contribution in [2.75, 3.05) is 50.5 Å². The van der Waals surface area contributed by atoms with Crippen LogP contribution in [0.4, 0.5) is 20.3 Å². The molecule has 18 heteroatoms. The van der Waals surface area contributed by atoms with Crippen molar-refractivity contribution in [2.24, 2.45) is 18.9 Å². The zero-order valence-corrected chi connectivity index (χ0v) is 36.0. The van der Waals surface area contributed by atoms with Gasteiger partial charge < -0.3 is 19.5 Å². The first-order chi connectivity index (χ1) is 30.4. The number of alkyl halides is 2. The van der Waals surface area contributed by atoms with Gasteiger partial charge in [-0.3, -0.25) is 38.4 Å². The maximum Gasteiger partial charge on any atom is 0.329 e. The number of hydrogen-bond donors (Lipinski definition) is 2. The van der Waals surface area contributed by atoms with Crippen molar-refractivity contribution in [3.05, 3.63) is 76.4 Å². The number of imidazole rings is 1.